The highest BCUT2D eigenvalue weighted by molar-refractivity contribution is 6.27. The first-order chi connectivity index (χ1) is 7.86. The number of carbonyl (C=O) groups is 1. The minimum Gasteiger partial charge on any atom is -0.381 e. The van der Waals surface area contributed by atoms with Crippen LogP contribution in [0, 0.1) is 5.41 Å². The Kier molecular flexibility index (Phi) is 4.66. The zero-order valence-corrected chi connectivity index (χ0v) is 10.3. The number of ether oxygens (including phenoxy) is 1. The summed E-state index contributed by atoms with van der Waals surface area (Å²) in [6.45, 7) is 1.18. The van der Waals surface area contributed by atoms with Gasteiger partial charge in [-0.3, -0.25) is 4.79 Å². The SMILES string of the molecule is CCOC[C@@]1(C(F)(F)F)CCN(C(=O)CCl)C1. The van der Waals surface area contributed by atoms with Crippen LogP contribution in [0.1, 0.15) is 13.3 Å². The Balaban J connectivity index is 2.78. The molecule has 1 aliphatic heterocycles. The van der Waals surface area contributed by atoms with Crippen LogP contribution in [0.5, 0.6) is 0 Å². The van der Waals surface area contributed by atoms with Crippen molar-refractivity contribution in [3.63, 3.8) is 0 Å². The molecule has 1 amide bonds. The number of rotatable bonds is 4. The lowest BCUT2D eigenvalue weighted by molar-refractivity contribution is -0.234. The van der Waals surface area contributed by atoms with Gasteiger partial charge < -0.3 is 9.64 Å². The van der Waals surface area contributed by atoms with E-state index in [0.29, 0.717) is 0 Å². The van der Waals surface area contributed by atoms with Crippen LogP contribution in [-0.2, 0) is 9.53 Å². The molecule has 7 heteroatoms. The maximum absolute atomic E-state index is 13.0. The van der Waals surface area contributed by atoms with Crippen LogP contribution < -0.4 is 0 Å². The number of alkyl halides is 4. The Morgan fingerprint density at radius 1 is 1.53 bits per heavy atom. The topological polar surface area (TPSA) is 29.5 Å². The van der Waals surface area contributed by atoms with E-state index in [4.69, 9.17) is 16.3 Å². The molecule has 1 aliphatic rings. The van der Waals surface area contributed by atoms with Crippen LogP contribution in [0.3, 0.4) is 0 Å². The molecular weight excluding hydrogens is 259 g/mol. The summed E-state index contributed by atoms with van der Waals surface area (Å²) in [5.41, 5.74) is -1.94. The minimum absolute atomic E-state index is 0.0815. The van der Waals surface area contributed by atoms with Crippen LogP contribution in [0.15, 0.2) is 0 Å². The zero-order chi connectivity index (χ0) is 13.1. The molecule has 3 nitrogen and oxygen atoms in total. The van der Waals surface area contributed by atoms with Gasteiger partial charge in [0.15, 0.2) is 0 Å². The standard InChI is InChI=1S/C10H15ClF3NO2/c1-2-17-7-9(10(12,13)14)3-4-15(6-9)8(16)5-11/h2-7H2,1H3/t9-/m1/s1. The van der Waals surface area contributed by atoms with Gasteiger partial charge in [0.2, 0.25) is 5.91 Å². The molecule has 1 rings (SSSR count). The molecule has 0 aromatic heterocycles. The zero-order valence-electron chi connectivity index (χ0n) is 9.52. The average molecular weight is 274 g/mol. The number of nitrogens with zero attached hydrogens (tertiary/aromatic N) is 1. The summed E-state index contributed by atoms with van der Waals surface area (Å²) < 4.78 is 44.0. The van der Waals surface area contributed by atoms with Gasteiger partial charge in [-0.15, -0.1) is 11.6 Å². The summed E-state index contributed by atoms with van der Waals surface area (Å²) in [6.07, 6.45) is -4.50. The summed E-state index contributed by atoms with van der Waals surface area (Å²) in [4.78, 5) is 12.4. The molecular formula is C10H15ClF3NO2. The van der Waals surface area contributed by atoms with Crippen molar-refractivity contribution in [1.29, 1.82) is 0 Å². The molecule has 1 heterocycles. The number of amides is 1. The van der Waals surface area contributed by atoms with Gasteiger partial charge in [-0.25, -0.2) is 0 Å². The predicted octanol–water partition coefficient (Wildman–Crippen LogP) is 2.04. The van der Waals surface area contributed by atoms with E-state index in [9.17, 15) is 18.0 Å². The largest absolute Gasteiger partial charge is 0.398 e. The molecule has 100 valence electrons. The van der Waals surface area contributed by atoms with Crippen molar-refractivity contribution < 1.29 is 22.7 Å². The van der Waals surface area contributed by atoms with Gasteiger partial charge >= 0.3 is 6.18 Å². The van der Waals surface area contributed by atoms with Gasteiger partial charge in [0, 0.05) is 19.7 Å². The molecule has 0 radical (unpaired) electrons. The first kappa shape index (κ1) is 14.6. The van der Waals surface area contributed by atoms with E-state index in [0.717, 1.165) is 4.90 Å². The Bertz CT molecular complexity index is 285. The third-order valence-electron chi connectivity index (χ3n) is 3.00. The normalized spacial score (nSPS) is 25.4. The molecule has 17 heavy (non-hydrogen) atoms. The van der Waals surface area contributed by atoms with Crippen molar-refractivity contribution in [1.82, 2.24) is 4.90 Å². The fourth-order valence-corrected chi connectivity index (χ4v) is 2.07. The fourth-order valence-electron chi connectivity index (χ4n) is 1.90. The van der Waals surface area contributed by atoms with E-state index in [2.05, 4.69) is 0 Å². The van der Waals surface area contributed by atoms with Crippen LogP contribution in [0.25, 0.3) is 0 Å². The Hall–Kier alpha value is -0.490. The quantitative estimate of drug-likeness (QED) is 0.734. The van der Waals surface area contributed by atoms with E-state index in [1.54, 1.807) is 6.92 Å². The number of carbonyl (C=O) groups excluding carboxylic acids is 1. The first-order valence-electron chi connectivity index (χ1n) is 5.34. The Morgan fingerprint density at radius 2 is 2.18 bits per heavy atom. The summed E-state index contributed by atoms with van der Waals surface area (Å²) >= 11 is 5.34. The first-order valence-corrected chi connectivity index (χ1v) is 5.88. The third kappa shape index (κ3) is 3.04. The maximum atomic E-state index is 13.0. The Labute approximate surface area is 103 Å². The molecule has 0 aromatic rings. The van der Waals surface area contributed by atoms with Crippen LogP contribution in [-0.4, -0.2) is 49.2 Å². The van der Waals surface area contributed by atoms with Crippen LogP contribution >= 0.6 is 11.6 Å². The van der Waals surface area contributed by atoms with Gasteiger partial charge in [-0.1, -0.05) is 0 Å². The average Bonchev–Trinajstić information content (AvgIpc) is 2.70. The summed E-state index contributed by atoms with van der Waals surface area (Å²) in [5, 5.41) is 0. The minimum atomic E-state index is -4.37. The lowest BCUT2D eigenvalue weighted by Gasteiger charge is -2.31. The molecule has 0 aromatic carbocycles. The second-order valence-corrected chi connectivity index (χ2v) is 4.38. The van der Waals surface area contributed by atoms with Crippen molar-refractivity contribution in [3.8, 4) is 0 Å². The van der Waals surface area contributed by atoms with Crippen LogP contribution in [0.2, 0.25) is 0 Å². The highest BCUT2D eigenvalue weighted by Gasteiger charge is 2.58. The van der Waals surface area contributed by atoms with Crippen molar-refractivity contribution >= 4 is 17.5 Å². The monoisotopic (exact) mass is 273 g/mol. The van der Waals surface area contributed by atoms with E-state index in [1.165, 1.54) is 0 Å². The van der Waals surface area contributed by atoms with Gasteiger partial charge in [-0.05, 0) is 13.3 Å². The fraction of sp³-hybridized carbons (Fsp3) is 0.900. The summed E-state index contributed by atoms with van der Waals surface area (Å²) in [6, 6.07) is 0. The highest BCUT2D eigenvalue weighted by atomic mass is 35.5. The molecule has 0 aliphatic carbocycles. The molecule has 1 fully saturated rings. The van der Waals surface area contributed by atoms with E-state index in [1.807, 2.05) is 0 Å². The second kappa shape index (κ2) is 5.44. The number of halogens is 4. The lowest BCUT2D eigenvalue weighted by atomic mass is 9.87. The Morgan fingerprint density at radius 3 is 2.65 bits per heavy atom. The molecule has 1 saturated heterocycles. The van der Waals surface area contributed by atoms with Crippen molar-refractivity contribution in [2.75, 3.05) is 32.2 Å². The van der Waals surface area contributed by atoms with Crippen molar-refractivity contribution in [2.24, 2.45) is 5.41 Å². The molecule has 0 saturated carbocycles. The molecule has 0 bridgehead atoms. The lowest BCUT2D eigenvalue weighted by Crippen LogP contribution is -2.45. The second-order valence-electron chi connectivity index (χ2n) is 4.11. The van der Waals surface area contributed by atoms with E-state index in [-0.39, 0.29) is 32.0 Å². The molecule has 0 N–H and O–H groups in total. The van der Waals surface area contributed by atoms with Crippen LogP contribution in [0.4, 0.5) is 13.2 Å². The van der Waals surface area contributed by atoms with Gasteiger partial charge in [-0.2, -0.15) is 13.2 Å². The molecule has 0 unspecified atom stereocenters. The third-order valence-corrected chi connectivity index (χ3v) is 3.23. The molecule has 1 atom stereocenters. The van der Waals surface area contributed by atoms with E-state index < -0.39 is 24.1 Å². The van der Waals surface area contributed by atoms with Gasteiger partial charge in [0.05, 0.1) is 6.61 Å². The van der Waals surface area contributed by atoms with Gasteiger partial charge in [0.1, 0.15) is 11.3 Å². The van der Waals surface area contributed by atoms with Crippen molar-refractivity contribution in [2.45, 2.75) is 19.5 Å². The summed E-state index contributed by atoms with van der Waals surface area (Å²) in [5.74, 6) is -0.753. The number of likely N-dealkylation sites (tertiary alicyclic amines) is 1. The highest BCUT2D eigenvalue weighted by Crippen LogP contribution is 2.45. The smallest absolute Gasteiger partial charge is 0.381 e. The number of hydrogen-bond acceptors (Lipinski definition) is 2. The van der Waals surface area contributed by atoms with Crippen molar-refractivity contribution in [3.05, 3.63) is 0 Å². The number of hydrogen-bond donors (Lipinski definition) is 0. The summed E-state index contributed by atoms with van der Waals surface area (Å²) in [7, 11) is 0. The van der Waals surface area contributed by atoms with E-state index >= 15 is 0 Å². The predicted molar refractivity (Wildman–Crippen MR) is 56.9 cm³/mol. The molecule has 0 spiro atoms. The maximum Gasteiger partial charge on any atom is 0.398 e. The van der Waals surface area contributed by atoms with Gasteiger partial charge in [0.25, 0.3) is 0 Å².